The van der Waals surface area contributed by atoms with Crippen LogP contribution in [0.4, 0.5) is 0 Å². The number of carbonyl (C=O) groups is 2. The first kappa shape index (κ1) is 19.0. The van der Waals surface area contributed by atoms with Crippen molar-refractivity contribution in [3.05, 3.63) is 0 Å². The molecule has 0 radical (unpaired) electrons. The molecule has 0 saturated carbocycles. The molecule has 0 aliphatic carbocycles. The Kier molecular flexibility index (Phi) is 13.0. The topological polar surface area (TPSA) is 55.4 Å². The van der Waals surface area contributed by atoms with Gasteiger partial charge in [0.2, 0.25) is 0 Å². The zero-order valence-corrected chi connectivity index (χ0v) is 14.4. The number of rotatable bonds is 12. The number of hydrogen-bond donors (Lipinski definition) is 2. The van der Waals surface area contributed by atoms with Crippen molar-refractivity contribution in [2.45, 2.75) is 58.4 Å². The van der Waals surface area contributed by atoms with E-state index in [4.69, 9.17) is 4.74 Å². The van der Waals surface area contributed by atoms with E-state index in [9.17, 15) is 9.59 Å². The molecule has 0 aromatic rings. The van der Waals surface area contributed by atoms with Gasteiger partial charge in [-0.2, -0.15) is 0 Å². The fraction of sp³-hybridized carbons (Fsp3) is 0.846. The van der Waals surface area contributed by atoms with Crippen LogP contribution in [-0.2, 0) is 14.3 Å². The molecule has 0 aliphatic rings. The first-order chi connectivity index (χ1) is 9.11. The van der Waals surface area contributed by atoms with E-state index in [2.05, 4.69) is 23.9 Å². The molecule has 1 unspecified atom stereocenters. The fourth-order valence-corrected chi connectivity index (χ4v) is 3.01. The van der Waals surface area contributed by atoms with Crippen LogP contribution in [0.2, 0.25) is 0 Å². The van der Waals surface area contributed by atoms with Gasteiger partial charge in [-0.05, 0) is 0 Å². The zero-order valence-electron chi connectivity index (χ0n) is 11.8. The van der Waals surface area contributed by atoms with E-state index in [1.54, 1.807) is 0 Å². The summed E-state index contributed by atoms with van der Waals surface area (Å²) in [5, 5.41) is 0. The predicted molar refractivity (Wildman–Crippen MR) is 81.5 cm³/mol. The van der Waals surface area contributed by atoms with Crippen molar-refractivity contribution in [3.63, 3.8) is 0 Å². The number of unbranched alkanes of at least 4 members (excludes halogenated alkanes) is 5. The summed E-state index contributed by atoms with van der Waals surface area (Å²) in [7, 11) is 0. The Morgan fingerprint density at radius 1 is 1.21 bits per heavy atom. The van der Waals surface area contributed by atoms with Gasteiger partial charge in [-0.3, -0.25) is 0 Å². The van der Waals surface area contributed by atoms with E-state index in [0.29, 0.717) is 12.4 Å². The van der Waals surface area contributed by atoms with Crippen molar-refractivity contribution in [2.75, 3.05) is 12.4 Å². The molecule has 1 N–H and O–H groups in total. The molecule has 0 fully saturated rings. The fourth-order valence-electron chi connectivity index (χ4n) is 1.47. The third kappa shape index (κ3) is 11.5. The average Bonchev–Trinajstić information content (AvgIpc) is 2.38. The molecule has 0 aromatic carbocycles. The van der Waals surface area contributed by atoms with Gasteiger partial charge in [0, 0.05) is 0 Å². The molecule has 0 rings (SSSR count). The van der Waals surface area contributed by atoms with Crippen molar-refractivity contribution < 1.29 is 14.3 Å². The number of carbonyl (C=O) groups excluding carboxylic acids is 2. The normalized spacial score (nSPS) is 12.2. The van der Waals surface area contributed by atoms with Crippen LogP contribution in [0.25, 0.3) is 0 Å². The van der Waals surface area contributed by atoms with Crippen LogP contribution in [0.1, 0.15) is 52.4 Å². The molecule has 4 nitrogen and oxygen atoms in total. The number of thiol groups is 1. The van der Waals surface area contributed by atoms with Crippen molar-refractivity contribution in [3.8, 4) is 0 Å². The van der Waals surface area contributed by atoms with E-state index in [0.717, 1.165) is 12.8 Å². The molecule has 0 saturated heterocycles. The molecular weight excluding hydrogens is 329 g/mol. The summed E-state index contributed by atoms with van der Waals surface area (Å²) in [6.07, 6.45) is 6.98. The second kappa shape index (κ2) is 13.0. The summed E-state index contributed by atoms with van der Waals surface area (Å²) in [4.78, 5) is 22.5. The summed E-state index contributed by atoms with van der Waals surface area (Å²) in [5.74, 6) is 0.0522. The van der Waals surface area contributed by atoms with E-state index in [1.165, 1.54) is 32.6 Å². The van der Waals surface area contributed by atoms with Gasteiger partial charge in [0.05, 0.1) is 0 Å². The Hall–Kier alpha value is -0.0305. The Morgan fingerprint density at radius 2 is 1.84 bits per heavy atom. The summed E-state index contributed by atoms with van der Waals surface area (Å²) < 4.78 is 8.14. The number of hydrogen-bond acceptors (Lipinski definition) is 5. The van der Waals surface area contributed by atoms with Gasteiger partial charge < -0.3 is 0 Å². The Labute approximate surface area is 128 Å². The summed E-state index contributed by atoms with van der Waals surface area (Å²) in [5.41, 5.74) is 0. The van der Waals surface area contributed by atoms with E-state index < -0.39 is 6.04 Å². The molecule has 19 heavy (non-hydrogen) atoms. The minimum atomic E-state index is -0.465. The van der Waals surface area contributed by atoms with Crippen molar-refractivity contribution in [1.29, 1.82) is 0 Å². The van der Waals surface area contributed by atoms with Gasteiger partial charge >= 0.3 is 128 Å². The van der Waals surface area contributed by atoms with E-state index in [-0.39, 0.29) is 25.8 Å². The van der Waals surface area contributed by atoms with Gasteiger partial charge in [-0.15, -0.1) is 0 Å². The molecule has 0 bridgehead atoms. The Balaban J connectivity index is 3.61. The van der Waals surface area contributed by atoms with Gasteiger partial charge in [0.25, 0.3) is 0 Å². The molecule has 0 spiro atoms. The monoisotopic (exact) mass is 355 g/mol. The molecule has 1 atom stereocenters. The first-order valence-corrected chi connectivity index (χ1v) is 9.16. The predicted octanol–water partition coefficient (Wildman–Crippen LogP) is 1.94. The summed E-state index contributed by atoms with van der Waals surface area (Å²) in [6.45, 7) is 4.16. The van der Waals surface area contributed by atoms with Gasteiger partial charge in [0.15, 0.2) is 0 Å². The SMILES string of the molecule is CCCCCCCCOC(=O)C(CS)N[Se]C(C)=O. The molecule has 0 heterocycles. The third-order valence-corrected chi connectivity index (χ3v) is 4.37. The van der Waals surface area contributed by atoms with Crippen molar-refractivity contribution in [2.24, 2.45) is 0 Å². The maximum atomic E-state index is 11.7. The Bertz CT molecular complexity index is 264. The van der Waals surface area contributed by atoms with Crippen LogP contribution in [0.15, 0.2) is 0 Å². The van der Waals surface area contributed by atoms with Crippen LogP contribution < -0.4 is 4.33 Å². The summed E-state index contributed by atoms with van der Waals surface area (Å²) >= 11 is 3.73. The third-order valence-electron chi connectivity index (χ3n) is 2.55. The molecule has 112 valence electrons. The van der Waals surface area contributed by atoms with Crippen LogP contribution >= 0.6 is 12.6 Å². The number of ether oxygens (including phenoxy) is 1. The van der Waals surface area contributed by atoms with Gasteiger partial charge in [-0.25, -0.2) is 0 Å². The van der Waals surface area contributed by atoms with Crippen LogP contribution in [-0.4, -0.2) is 44.2 Å². The number of esters is 1. The van der Waals surface area contributed by atoms with Crippen LogP contribution in [0, 0.1) is 0 Å². The molecule has 0 aliphatic heterocycles. The molecule has 0 amide bonds. The molecule has 0 aromatic heterocycles. The number of nitrogens with one attached hydrogen (secondary N) is 1. The van der Waals surface area contributed by atoms with Gasteiger partial charge in [0.1, 0.15) is 0 Å². The van der Waals surface area contributed by atoms with Crippen LogP contribution in [0.3, 0.4) is 0 Å². The van der Waals surface area contributed by atoms with Crippen molar-refractivity contribution >= 4 is 38.5 Å². The quantitative estimate of drug-likeness (QED) is 0.243. The zero-order chi connectivity index (χ0) is 14.5. The van der Waals surface area contributed by atoms with E-state index in [1.807, 2.05) is 0 Å². The van der Waals surface area contributed by atoms with Crippen LogP contribution in [0.5, 0.6) is 0 Å². The van der Waals surface area contributed by atoms with E-state index >= 15 is 0 Å². The average molecular weight is 354 g/mol. The minimum absolute atomic E-state index is 0.0583. The summed E-state index contributed by atoms with van der Waals surface area (Å²) in [6, 6.07) is -0.465. The second-order valence-corrected chi connectivity index (χ2v) is 6.88. The molecular formula is C13H25NO3SSe. The molecule has 6 heteroatoms. The van der Waals surface area contributed by atoms with Crippen molar-refractivity contribution in [1.82, 2.24) is 4.33 Å². The van der Waals surface area contributed by atoms with Gasteiger partial charge in [-0.1, -0.05) is 0 Å². The standard InChI is InChI=1S/C13H25NO3SSe/c1-3-4-5-6-7-8-9-17-13(16)12(10-18)14-19-11(2)15/h12,14,18H,3-10H2,1-2H3. The Morgan fingerprint density at radius 3 is 2.42 bits per heavy atom. The second-order valence-electron chi connectivity index (χ2n) is 4.38. The first-order valence-electron chi connectivity index (χ1n) is 6.82. The maximum absolute atomic E-state index is 11.7.